The molecule has 0 radical (unpaired) electrons. The van der Waals surface area contributed by atoms with Gasteiger partial charge in [0.2, 0.25) is 0 Å². The molecular formula is C16H24N2O. The van der Waals surface area contributed by atoms with Crippen LogP contribution in [0.4, 0.5) is 0 Å². The predicted molar refractivity (Wildman–Crippen MR) is 77.3 cm³/mol. The van der Waals surface area contributed by atoms with Crippen LogP contribution < -0.4 is 10.5 Å². The highest BCUT2D eigenvalue weighted by Gasteiger charge is 2.22. The summed E-state index contributed by atoms with van der Waals surface area (Å²) in [5.41, 5.74) is 8.75. The van der Waals surface area contributed by atoms with E-state index in [-0.39, 0.29) is 0 Å². The molecule has 1 aromatic rings. The fraction of sp³-hybridized carbons (Fsp3) is 0.625. The molecule has 104 valence electrons. The van der Waals surface area contributed by atoms with Crippen molar-refractivity contribution in [3.63, 3.8) is 0 Å². The molecule has 1 heterocycles. The largest absolute Gasteiger partial charge is 0.493 e. The van der Waals surface area contributed by atoms with E-state index in [9.17, 15) is 0 Å². The maximum Gasteiger partial charge on any atom is 0.122 e. The molecule has 19 heavy (non-hydrogen) atoms. The minimum atomic E-state index is 0.432. The maximum atomic E-state index is 5.98. The quantitative estimate of drug-likeness (QED) is 0.906. The fourth-order valence-electron chi connectivity index (χ4n) is 3.30. The topological polar surface area (TPSA) is 38.5 Å². The van der Waals surface area contributed by atoms with Gasteiger partial charge in [-0.15, -0.1) is 0 Å². The first-order chi connectivity index (χ1) is 9.22. The molecule has 1 fully saturated rings. The first-order valence-electron chi connectivity index (χ1n) is 7.43. The molecule has 0 saturated heterocycles. The van der Waals surface area contributed by atoms with Gasteiger partial charge < -0.3 is 10.5 Å². The first kappa shape index (κ1) is 12.9. The summed E-state index contributed by atoms with van der Waals surface area (Å²) < 4.78 is 5.56. The van der Waals surface area contributed by atoms with Gasteiger partial charge in [0.15, 0.2) is 0 Å². The standard InChI is InChI=1S/C16H24N2O/c1-18(15-5-3-14(17)4-6-15)11-12-2-7-16-13(10-12)8-9-19-16/h2,7,10,14-15H,3-6,8-9,11,17H2,1H3. The molecule has 1 aliphatic heterocycles. The van der Waals surface area contributed by atoms with Crippen molar-refractivity contribution in [3.05, 3.63) is 29.3 Å². The monoisotopic (exact) mass is 260 g/mol. The summed E-state index contributed by atoms with van der Waals surface area (Å²) in [4.78, 5) is 2.49. The second kappa shape index (κ2) is 5.51. The average Bonchev–Trinajstić information content (AvgIpc) is 2.87. The molecule has 0 unspecified atom stereocenters. The third kappa shape index (κ3) is 2.93. The van der Waals surface area contributed by atoms with Crippen LogP contribution in [0.15, 0.2) is 18.2 Å². The molecule has 1 aromatic carbocycles. The number of fused-ring (bicyclic) bond motifs is 1. The summed E-state index contributed by atoms with van der Waals surface area (Å²) in [6, 6.07) is 7.77. The zero-order valence-electron chi connectivity index (χ0n) is 11.8. The number of nitrogens with two attached hydrogens (primary N) is 1. The minimum absolute atomic E-state index is 0.432. The second-order valence-electron chi connectivity index (χ2n) is 6.02. The molecule has 3 heteroatoms. The Morgan fingerprint density at radius 1 is 1.26 bits per heavy atom. The van der Waals surface area contributed by atoms with Crippen molar-refractivity contribution < 1.29 is 4.74 Å². The summed E-state index contributed by atoms with van der Waals surface area (Å²) in [5, 5.41) is 0. The van der Waals surface area contributed by atoms with Gasteiger partial charge in [-0.2, -0.15) is 0 Å². The molecule has 3 nitrogen and oxygen atoms in total. The van der Waals surface area contributed by atoms with Gasteiger partial charge in [-0.25, -0.2) is 0 Å². The molecule has 1 saturated carbocycles. The molecular weight excluding hydrogens is 236 g/mol. The predicted octanol–water partition coefficient (Wildman–Crippen LogP) is 2.32. The normalized spacial score (nSPS) is 26.3. The Balaban J connectivity index is 1.61. The summed E-state index contributed by atoms with van der Waals surface area (Å²) in [6.07, 6.45) is 5.89. The van der Waals surface area contributed by atoms with Crippen molar-refractivity contribution in [2.45, 2.75) is 50.7 Å². The van der Waals surface area contributed by atoms with E-state index in [1.54, 1.807) is 0 Å². The van der Waals surface area contributed by atoms with Gasteiger partial charge in [-0.1, -0.05) is 12.1 Å². The third-order valence-electron chi connectivity index (χ3n) is 4.55. The fourth-order valence-corrected chi connectivity index (χ4v) is 3.30. The Kier molecular flexibility index (Phi) is 3.76. The Morgan fingerprint density at radius 3 is 2.84 bits per heavy atom. The molecule has 0 bridgehead atoms. The molecule has 2 aliphatic rings. The number of benzene rings is 1. The number of ether oxygens (including phenoxy) is 1. The summed E-state index contributed by atoms with van der Waals surface area (Å²) in [6.45, 7) is 1.88. The number of hydrogen-bond acceptors (Lipinski definition) is 3. The first-order valence-corrected chi connectivity index (χ1v) is 7.43. The molecule has 0 atom stereocenters. The molecule has 3 rings (SSSR count). The zero-order chi connectivity index (χ0) is 13.2. The highest BCUT2D eigenvalue weighted by Crippen LogP contribution is 2.27. The van der Waals surface area contributed by atoms with Gasteiger partial charge >= 0.3 is 0 Å². The summed E-state index contributed by atoms with van der Waals surface area (Å²) in [7, 11) is 2.24. The Hall–Kier alpha value is -1.06. The van der Waals surface area contributed by atoms with Crippen molar-refractivity contribution in [3.8, 4) is 5.75 Å². The van der Waals surface area contributed by atoms with E-state index in [0.717, 1.165) is 25.3 Å². The van der Waals surface area contributed by atoms with E-state index in [1.807, 2.05) is 0 Å². The summed E-state index contributed by atoms with van der Waals surface area (Å²) in [5.74, 6) is 1.08. The average molecular weight is 260 g/mol. The lowest BCUT2D eigenvalue weighted by atomic mass is 9.91. The van der Waals surface area contributed by atoms with Gasteiger partial charge in [-0.05, 0) is 49.9 Å². The van der Waals surface area contributed by atoms with E-state index in [4.69, 9.17) is 10.5 Å². The smallest absolute Gasteiger partial charge is 0.122 e. The van der Waals surface area contributed by atoms with Crippen molar-refractivity contribution in [1.29, 1.82) is 0 Å². The molecule has 0 aromatic heterocycles. The van der Waals surface area contributed by atoms with E-state index < -0.39 is 0 Å². The van der Waals surface area contributed by atoms with Gasteiger partial charge in [0, 0.05) is 25.0 Å². The van der Waals surface area contributed by atoms with E-state index in [0.29, 0.717) is 12.1 Å². The highest BCUT2D eigenvalue weighted by molar-refractivity contribution is 5.39. The van der Waals surface area contributed by atoms with Crippen molar-refractivity contribution in [2.24, 2.45) is 5.73 Å². The lowest BCUT2D eigenvalue weighted by Gasteiger charge is -2.33. The second-order valence-corrected chi connectivity index (χ2v) is 6.02. The van der Waals surface area contributed by atoms with Crippen LogP contribution in [0.1, 0.15) is 36.8 Å². The Morgan fingerprint density at radius 2 is 2.05 bits per heavy atom. The molecule has 2 N–H and O–H groups in total. The maximum absolute atomic E-state index is 5.98. The number of nitrogens with zero attached hydrogens (tertiary/aromatic N) is 1. The number of rotatable bonds is 3. The SMILES string of the molecule is CN(Cc1ccc2c(c1)CCO2)C1CCC(N)CC1. The lowest BCUT2D eigenvalue weighted by molar-refractivity contribution is 0.176. The van der Waals surface area contributed by atoms with Gasteiger partial charge in [0.25, 0.3) is 0 Å². The summed E-state index contributed by atoms with van der Waals surface area (Å²) >= 11 is 0. The van der Waals surface area contributed by atoms with Gasteiger partial charge in [0.1, 0.15) is 5.75 Å². The van der Waals surface area contributed by atoms with Crippen LogP contribution >= 0.6 is 0 Å². The lowest BCUT2D eigenvalue weighted by Crippen LogP contribution is -2.38. The molecule has 0 spiro atoms. The van der Waals surface area contributed by atoms with Crippen LogP contribution in [0.3, 0.4) is 0 Å². The van der Waals surface area contributed by atoms with Crippen LogP contribution in [-0.2, 0) is 13.0 Å². The van der Waals surface area contributed by atoms with E-state index in [2.05, 4.69) is 30.1 Å². The minimum Gasteiger partial charge on any atom is -0.493 e. The zero-order valence-corrected chi connectivity index (χ0v) is 11.8. The molecule has 0 amide bonds. The van der Waals surface area contributed by atoms with Crippen LogP contribution in [0.25, 0.3) is 0 Å². The van der Waals surface area contributed by atoms with Crippen molar-refractivity contribution in [1.82, 2.24) is 4.90 Å². The Labute approximate surface area is 115 Å². The van der Waals surface area contributed by atoms with Crippen molar-refractivity contribution in [2.75, 3.05) is 13.7 Å². The third-order valence-corrected chi connectivity index (χ3v) is 4.55. The van der Waals surface area contributed by atoms with Gasteiger partial charge in [0.05, 0.1) is 6.61 Å². The van der Waals surface area contributed by atoms with Crippen LogP contribution in [0.5, 0.6) is 5.75 Å². The highest BCUT2D eigenvalue weighted by atomic mass is 16.5. The van der Waals surface area contributed by atoms with Crippen LogP contribution in [0.2, 0.25) is 0 Å². The van der Waals surface area contributed by atoms with Crippen molar-refractivity contribution >= 4 is 0 Å². The van der Waals surface area contributed by atoms with E-state index >= 15 is 0 Å². The Bertz CT molecular complexity index is 438. The molecule has 1 aliphatic carbocycles. The van der Waals surface area contributed by atoms with E-state index in [1.165, 1.54) is 36.8 Å². The van der Waals surface area contributed by atoms with Crippen LogP contribution in [-0.4, -0.2) is 30.6 Å². The van der Waals surface area contributed by atoms with Crippen LogP contribution in [0, 0.1) is 0 Å². The van der Waals surface area contributed by atoms with Gasteiger partial charge in [-0.3, -0.25) is 4.90 Å². The number of hydrogen-bond donors (Lipinski definition) is 1.